The molecule has 0 aromatic rings. The Hall–Kier alpha value is -1.21. The van der Waals surface area contributed by atoms with Gasteiger partial charge in [0, 0.05) is 6.42 Å². The number of nitrogens with one attached hydrogen (secondary N) is 1. The highest BCUT2D eigenvalue weighted by molar-refractivity contribution is 5.76. The van der Waals surface area contributed by atoms with E-state index >= 15 is 0 Å². The summed E-state index contributed by atoms with van der Waals surface area (Å²) in [7, 11) is 0. The van der Waals surface area contributed by atoms with Gasteiger partial charge in [-0.2, -0.15) is 0 Å². The van der Waals surface area contributed by atoms with Gasteiger partial charge in [0.1, 0.15) is 73.2 Å². The third kappa shape index (κ3) is 25.4. The summed E-state index contributed by atoms with van der Waals surface area (Å²) in [4.78, 5) is 13.3. The highest BCUT2D eigenvalue weighted by atomic mass is 16.8. The maximum atomic E-state index is 13.3. The van der Waals surface area contributed by atoms with Crippen LogP contribution >= 0.6 is 0 Å². The van der Waals surface area contributed by atoms with E-state index in [9.17, 15) is 61.0 Å². The van der Waals surface area contributed by atoms with Crippen LogP contribution in [0.15, 0.2) is 0 Å². The van der Waals surface area contributed by atoms with Crippen molar-refractivity contribution in [3.05, 3.63) is 0 Å². The monoisotopic (exact) mass is 1080 g/mol. The first-order valence-electron chi connectivity index (χ1n) is 29.8. The van der Waals surface area contributed by atoms with Crippen molar-refractivity contribution in [1.29, 1.82) is 0 Å². The third-order valence-electron chi connectivity index (χ3n) is 15.4. The molecular formula is C56H107NO18. The van der Waals surface area contributed by atoms with E-state index in [0.717, 1.165) is 44.9 Å². The van der Waals surface area contributed by atoms with Gasteiger partial charge in [-0.1, -0.05) is 200 Å². The van der Waals surface area contributed by atoms with Crippen LogP contribution in [-0.2, 0) is 33.2 Å². The molecule has 17 atom stereocenters. The summed E-state index contributed by atoms with van der Waals surface area (Å²) in [6, 6.07) is -0.879. The van der Waals surface area contributed by atoms with Gasteiger partial charge in [0.15, 0.2) is 18.9 Å². The Kier molecular flexibility index (Phi) is 37.1. The first kappa shape index (κ1) is 68.1. The van der Waals surface area contributed by atoms with Gasteiger partial charge in [0.05, 0.1) is 38.6 Å². The minimum atomic E-state index is -1.97. The van der Waals surface area contributed by atoms with Gasteiger partial charge in [-0.25, -0.2) is 0 Å². The van der Waals surface area contributed by atoms with Crippen molar-refractivity contribution in [2.45, 2.75) is 324 Å². The average Bonchev–Trinajstić information content (AvgIpc) is 3.41. The van der Waals surface area contributed by atoms with E-state index < -0.39 is 124 Å². The second-order valence-corrected chi connectivity index (χ2v) is 21.8. The molecule has 0 aromatic heterocycles. The molecule has 75 heavy (non-hydrogen) atoms. The summed E-state index contributed by atoms with van der Waals surface area (Å²) >= 11 is 0. The van der Waals surface area contributed by atoms with Crippen LogP contribution in [0.4, 0.5) is 0 Å². The smallest absolute Gasteiger partial charge is 0.220 e. The van der Waals surface area contributed by atoms with Crippen LogP contribution in [0.2, 0.25) is 0 Å². The lowest BCUT2D eigenvalue weighted by atomic mass is 9.96. The number of carbonyl (C=O) groups excluding carboxylic acids is 1. The number of ether oxygens (including phenoxy) is 6. The lowest BCUT2D eigenvalue weighted by Crippen LogP contribution is -2.66. The topological polar surface area (TPSA) is 307 Å². The maximum Gasteiger partial charge on any atom is 0.220 e. The minimum absolute atomic E-state index is 0.240. The van der Waals surface area contributed by atoms with Gasteiger partial charge >= 0.3 is 0 Å². The fourth-order valence-corrected chi connectivity index (χ4v) is 10.5. The van der Waals surface area contributed by atoms with Crippen molar-refractivity contribution in [3.8, 4) is 0 Å². The molecule has 12 N–H and O–H groups in total. The molecule has 444 valence electrons. The number of aliphatic hydroxyl groups is 11. The van der Waals surface area contributed by atoms with Crippen molar-refractivity contribution in [1.82, 2.24) is 5.32 Å². The number of aliphatic hydroxyl groups excluding tert-OH is 11. The molecule has 19 nitrogen and oxygen atoms in total. The summed E-state index contributed by atoms with van der Waals surface area (Å²) < 4.78 is 34.3. The van der Waals surface area contributed by atoms with Crippen LogP contribution in [-0.4, -0.2) is 193 Å². The SMILES string of the molecule is CCCCCCCCCCCCCCCCCC(=O)NC(COC1OC(CO)C(OC2OC(CO)C(OC3OC(CO)C(O)C(O)C3O)C(O)C2O)C(O)C1O)C(O)CCCCCCCCCCCCCCCCC. The molecular weight excluding hydrogens is 975 g/mol. The second kappa shape index (κ2) is 40.9. The van der Waals surface area contributed by atoms with Gasteiger partial charge in [0.25, 0.3) is 0 Å². The number of hydrogen-bond donors (Lipinski definition) is 12. The molecule has 19 heteroatoms. The number of unbranched alkanes of at least 4 members (excludes halogenated alkanes) is 28. The largest absolute Gasteiger partial charge is 0.394 e. The van der Waals surface area contributed by atoms with E-state index in [0.29, 0.717) is 12.8 Å². The summed E-state index contributed by atoms with van der Waals surface area (Å²) in [5.41, 5.74) is 0. The van der Waals surface area contributed by atoms with Gasteiger partial charge in [-0.05, 0) is 12.8 Å². The second-order valence-electron chi connectivity index (χ2n) is 21.8. The van der Waals surface area contributed by atoms with Gasteiger partial charge < -0.3 is 89.9 Å². The van der Waals surface area contributed by atoms with E-state index in [2.05, 4.69) is 19.2 Å². The van der Waals surface area contributed by atoms with Crippen LogP contribution in [0.5, 0.6) is 0 Å². The fourth-order valence-electron chi connectivity index (χ4n) is 10.5. The number of carbonyl (C=O) groups is 1. The molecule has 0 bridgehead atoms. The summed E-state index contributed by atoms with van der Waals surface area (Å²) in [5, 5.41) is 120. The highest BCUT2D eigenvalue weighted by Crippen LogP contribution is 2.33. The van der Waals surface area contributed by atoms with Crippen LogP contribution in [0.3, 0.4) is 0 Å². The first-order valence-corrected chi connectivity index (χ1v) is 29.8. The minimum Gasteiger partial charge on any atom is -0.394 e. The summed E-state index contributed by atoms with van der Waals surface area (Å²) in [5.74, 6) is -0.240. The molecule has 3 fully saturated rings. The van der Waals surface area contributed by atoms with Crippen molar-refractivity contribution >= 4 is 5.91 Å². The highest BCUT2D eigenvalue weighted by Gasteiger charge is 2.53. The van der Waals surface area contributed by atoms with E-state index in [1.165, 1.54) is 141 Å². The molecule has 0 radical (unpaired) electrons. The molecule has 3 aliphatic rings. The molecule has 0 aromatic carbocycles. The molecule has 3 heterocycles. The Morgan fingerprint density at radius 2 is 0.760 bits per heavy atom. The number of hydrogen-bond acceptors (Lipinski definition) is 18. The van der Waals surface area contributed by atoms with E-state index in [-0.39, 0.29) is 18.9 Å². The normalized spacial score (nSPS) is 31.1. The molecule has 0 spiro atoms. The van der Waals surface area contributed by atoms with Crippen molar-refractivity contribution in [2.24, 2.45) is 0 Å². The Bertz CT molecular complexity index is 1390. The summed E-state index contributed by atoms with van der Waals surface area (Å²) in [6.07, 6.45) is 10.4. The zero-order valence-electron chi connectivity index (χ0n) is 46.0. The van der Waals surface area contributed by atoms with Crippen LogP contribution in [0.25, 0.3) is 0 Å². The Morgan fingerprint density at radius 3 is 1.16 bits per heavy atom. The predicted octanol–water partition coefficient (Wildman–Crippen LogP) is 4.82. The van der Waals surface area contributed by atoms with Crippen LogP contribution < -0.4 is 5.32 Å². The predicted molar refractivity (Wildman–Crippen MR) is 282 cm³/mol. The lowest BCUT2D eigenvalue weighted by molar-refractivity contribution is -0.379. The Labute approximate surface area is 449 Å². The van der Waals surface area contributed by atoms with Crippen molar-refractivity contribution in [3.63, 3.8) is 0 Å². The van der Waals surface area contributed by atoms with Gasteiger partial charge in [-0.3, -0.25) is 4.79 Å². The molecule has 0 saturated carbocycles. The molecule has 1 amide bonds. The van der Waals surface area contributed by atoms with Crippen molar-refractivity contribution < 1.29 is 89.4 Å². The van der Waals surface area contributed by atoms with Gasteiger partial charge in [0.2, 0.25) is 5.91 Å². The van der Waals surface area contributed by atoms with Crippen molar-refractivity contribution in [2.75, 3.05) is 26.4 Å². The number of amides is 1. The molecule has 0 aliphatic carbocycles. The first-order chi connectivity index (χ1) is 36.3. The van der Waals surface area contributed by atoms with E-state index in [4.69, 9.17) is 28.4 Å². The fraction of sp³-hybridized carbons (Fsp3) is 0.982. The average molecular weight is 1080 g/mol. The molecule has 3 aliphatic heterocycles. The molecule has 3 saturated heterocycles. The molecule has 3 rings (SSSR count). The number of rotatable bonds is 44. The Balaban J connectivity index is 1.50. The summed E-state index contributed by atoms with van der Waals surface area (Å²) in [6.45, 7) is 1.80. The van der Waals surface area contributed by atoms with E-state index in [1.807, 2.05) is 0 Å². The zero-order valence-corrected chi connectivity index (χ0v) is 46.0. The van der Waals surface area contributed by atoms with E-state index in [1.54, 1.807) is 0 Å². The standard InChI is InChI=1S/C56H107NO18/c1-3-5-7-9-11-13-15-17-19-21-23-25-27-29-31-33-40(61)39(57-44(62)34-32-30-28-26-24-22-20-18-16-14-12-10-8-6-4-2)38-70-54-50(68)47(65)52(42(36-59)72-54)75-56-51(69)48(66)53(43(37-60)73-56)74-55-49(67)46(64)45(63)41(35-58)71-55/h39-43,45-56,58-61,63-69H,3-38H2,1-2H3,(H,57,62). The van der Waals surface area contributed by atoms with Crippen LogP contribution in [0.1, 0.15) is 219 Å². The van der Waals surface area contributed by atoms with Crippen LogP contribution in [0, 0.1) is 0 Å². The maximum absolute atomic E-state index is 13.3. The Morgan fingerprint density at radius 1 is 0.427 bits per heavy atom. The zero-order chi connectivity index (χ0) is 54.8. The van der Waals surface area contributed by atoms with Gasteiger partial charge in [-0.15, -0.1) is 0 Å². The third-order valence-corrected chi connectivity index (χ3v) is 15.4. The molecule has 17 unspecified atom stereocenters. The lowest BCUT2D eigenvalue weighted by Gasteiger charge is -2.48. The quantitative estimate of drug-likeness (QED) is 0.0364.